The summed E-state index contributed by atoms with van der Waals surface area (Å²) in [5.74, 6) is 2.28. The van der Waals surface area contributed by atoms with Crippen LogP contribution in [0.1, 0.15) is 58.7 Å². The fourth-order valence-electron chi connectivity index (χ4n) is 3.40. The molecule has 2 N–H and O–H groups in total. The molecular formula is C15H28N4. The van der Waals surface area contributed by atoms with Crippen molar-refractivity contribution in [3.05, 3.63) is 12.2 Å². The summed E-state index contributed by atoms with van der Waals surface area (Å²) in [7, 11) is 0. The maximum Gasteiger partial charge on any atom is 0.138 e. The summed E-state index contributed by atoms with van der Waals surface area (Å²) in [4.78, 5) is 4.45. The fraction of sp³-hybridized carbons (Fsp3) is 0.867. The Kier molecular flexibility index (Phi) is 4.61. The molecule has 1 fully saturated rings. The normalized spacial score (nSPS) is 27.9. The third-order valence-corrected chi connectivity index (χ3v) is 4.47. The van der Waals surface area contributed by atoms with E-state index in [-0.39, 0.29) is 5.54 Å². The van der Waals surface area contributed by atoms with Gasteiger partial charge in [0.05, 0.1) is 0 Å². The minimum absolute atomic E-state index is 0.0746. The van der Waals surface area contributed by atoms with E-state index in [0.717, 1.165) is 25.2 Å². The maximum absolute atomic E-state index is 6.72. The molecule has 0 aliphatic heterocycles. The molecule has 0 radical (unpaired) electrons. The molecule has 0 saturated heterocycles. The molecule has 4 nitrogen and oxygen atoms in total. The first-order chi connectivity index (χ1) is 9.05. The summed E-state index contributed by atoms with van der Waals surface area (Å²) < 4.78 is 2.04. The van der Waals surface area contributed by atoms with Gasteiger partial charge in [-0.3, -0.25) is 0 Å². The zero-order valence-corrected chi connectivity index (χ0v) is 12.6. The van der Waals surface area contributed by atoms with E-state index in [2.05, 4.69) is 30.9 Å². The van der Waals surface area contributed by atoms with Crippen LogP contribution in [-0.4, -0.2) is 20.3 Å². The van der Waals surface area contributed by atoms with Gasteiger partial charge < -0.3 is 5.73 Å². The summed E-state index contributed by atoms with van der Waals surface area (Å²) in [6, 6.07) is 0. The number of hydrogen-bond donors (Lipinski definition) is 1. The first-order valence-electron chi connectivity index (χ1n) is 7.70. The van der Waals surface area contributed by atoms with Gasteiger partial charge in [0.1, 0.15) is 12.2 Å². The van der Waals surface area contributed by atoms with Crippen molar-refractivity contribution >= 4 is 0 Å². The van der Waals surface area contributed by atoms with E-state index >= 15 is 0 Å². The Morgan fingerprint density at radius 1 is 1.47 bits per heavy atom. The number of hydrogen-bond acceptors (Lipinski definition) is 3. The smallest absolute Gasteiger partial charge is 0.138 e. The minimum atomic E-state index is -0.0746. The molecule has 0 aromatic carbocycles. The molecular weight excluding hydrogens is 236 g/mol. The second-order valence-electron chi connectivity index (χ2n) is 6.51. The molecule has 0 amide bonds. The average molecular weight is 264 g/mol. The van der Waals surface area contributed by atoms with Crippen molar-refractivity contribution in [1.82, 2.24) is 14.8 Å². The van der Waals surface area contributed by atoms with Crippen molar-refractivity contribution < 1.29 is 0 Å². The van der Waals surface area contributed by atoms with Gasteiger partial charge >= 0.3 is 0 Å². The van der Waals surface area contributed by atoms with Gasteiger partial charge in [0.25, 0.3) is 0 Å². The van der Waals surface area contributed by atoms with Gasteiger partial charge in [-0.2, -0.15) is 5.10 Å². The van der Waals surface area contributed by atoms with Gasteiger partial charge in [-0.1, -0.05) is 40.0 Å². The molecule has 2 atom stereocenters. The molecule has 0 spiro atoms. The molecule has 0 bridgehead atoms. The molecule has 2 rings (SSSR count). The molecule has 1 aliphatic rings. The summed E-state index contributed by atoms with van der Waals surface area (Å²) in [5, 5.41) is 4.35. The maximum atomic E-state index is 6.72. The van der Waals surface area contributed by atoms with Crippen LogP contribution in [-0.2, 0) is 13.0 Å². The quantitative estimate of drug-likeness (QED) is 0.889. The van der Waals surface area contributed by atoms with Crippen molar-refractivity contribution in [2.75, 3.05) is 0 Å². The van der Waals surface area contributed by atoms with E-state index in [1.165, 1.54) is 25.7 Å². The van der Waals surface area contributed by atoms with Crippen LogP contribution in [0.25, 0.3) is 0 Å². The molecule has 1 aromatic heterocycles. The highest BCUT2D eigenvalue weighted by molar-refractivity contribution is 5.02. The largest absolute Gasteiger partial charge is 0.324 e. The highest BCUT2D eigenvalue weighted by atomic mass is 15.3. The predicted octanol–water partition coefficient (Wildman–Crippen LogP) is 2.77. The first-order valence-corrected chi connectivity index (χ1v) is 7.70. The highest BCUT2D eigenvalue weighted by Crippen LogP contribution is 2.36. The Morgan fingerprint density at radius 3 is 2.95 bits per heavy atom. The Hall–Kier alpha value is -0.900. The SMILES string of the molecule is CCC1CCCCC1(N)Cc1ncnn1CC(C)C. The fourth-order valence-corrected chi connectivity index (χ4v) is 3.40. The van der Waals surface area contributed by atoms with E-state index in [4.69, 9.17) is 5.73 Å². The van der Waals surface area contributed by atoms with Gasteiger partial charge in [0.2, 0.25) is 0 Å². The van der Waals surface area contributed by atoms with Gasteiger partial charge in [-0.05, 0) is 24.7 Å². The van der Waals surface area contributed by atoms with Gasteiger partial charge in [0.15, 0.2) is 0 Å². The Bertz CT molecular complexity index is 399. The van der Waals surface area contributed by atoms with Crippen LogP contribution in [0.5, 0.6) is 0 Å². The molecule has 4 heteroatoms. The topological polar surface area (TPSA) is 56.7 Å². The van der Waals surface area contributed by atoms with Crippen LogP contribution < -0.4 is 5.73 Å². The monoisotopic (exact) mass is 264 g/mol. The molecule has 19 heavy (non-hydrogen) atoms. The van der Waals surface area contributed by atoms with Crippen LogP contribution in [0.2, 0.25) is 0 Å². The summed E-state index contributed by atoms with van der Waals surface area (Å²) in [5.41, 5.74) is 6.65. The molecule has 1 heterocycles. The highest BCUT2D eigenvalue weighted by Gasteiger charge is 2.37. The standard InChI is InChI=1S/C15H28N4/c1-4-13-7-5-6-8-15(13,16)9-14-17-11-18-19(14)10-12(2)3/h11-13H,4-10,16H2,1-3H3. The minimum Gasteiger partial charge on any atom is -0.324 e. The zero-order chi connectivity index (χ0) is 13.9. The lowest BCUT2D eigenvalue weighted by Gasteiger charge is -2.41. The van der Waals surface area contributed by atoms with Crippen LogP contribution in [0.4, 0.5) is 0 Å². The van der Waals surface area contributed by atoms with E-state index in [9.17, 15) is 0 Å². The zero-order valence-electron chi connectivity index (χ0n) is 12.6. The lowest BCUT2D eigenvalue weighted by atomic mass is 9.70. The van der Waals surface area contributed by atoms with Crippen LogP contribution in [0.15, 0.2) is 6.33 Å². The van der Waals surface area contributed by atoms with Gasteiger partial charge in [0, 0.05) is 18.5 Å². The third-order valence-electron chi connectivity index (χ3n) is 4.47. The second-order valence-corrected chi connectivity index (χ2v) is 6.51. The molecule has 1 saturated carbocycles. The number of rotatable bonds is 5. The number of nitrogens with zero attached hydrogens (tertiary/aromatic N) is 3. The van der Waals surface area contributed by atoms with E-state index in [0.29, 0.717) is 11.8 Å². The van der Waals surface area contributed by atoms with Crippen LogP contribution in [0.3, 0.4) is 0 Å². The Labute approximate surface area is 116 Å². The van der Waals surface area contributed by atoms with Gasteiger partial charge in [-0.15, -0.1) is 0 Å². The Balaban J connectivity index is 2.12. The summed E-state index contributed by atoms with van der Waals surface area (Å²) in [6.45, 7) is 7.61. The van der Waals surface area contributed by atoms with Crippen molar-refractivity contribution in [3.8, 4) is 0 Å². The summed E-state index contributed by atoms with van der Waals surface area (Å²) in [6.07, 6.45) is 8.70. The third kappa shape index (κ3) is 3.35. The van der Waals surface area contributed by atoms with Crippen molar-refractivity contribution in [2.24, 2.45) is 17.6 Å². The lowest BCUT2D eigenvalue weighted by molar-refractivity contribution is 0.177. The lowest BCUT2D eigenvalue weighted by Crippen LogP contribution is -2.51. The van der Waals surface area contributed by atoms with E-state index in [1.54, 1.807) is 6.33 Å². The molecule has 2 unspecified atom stereocenters. The number of aromatic nitrogens is 3. The number of nitrogens with two attached hydrogens (primary N) is 1. The molecule has 1 aromatic rings. The van der Waals surface area contributed by atoms with Crippen molar-refractivity contribution in [3.63, 3.8) is 0 Å². The van der Waals surface area contributed by atoms with E-state index in [1.807, 2.05) is 4.68 Å². The Morgan fingerprint density at radius 2 is 2.26 bits per heavy atom. The van der Waals surface area contributed by atoms with Crippen molar-refractivity contribution in [1.29, 1.82) is 0 Å². The average Bonchev–Trinajstić information content (AvgIpc) is 2.76. The van der Waals surface area contributed by atoms with E-state index < -0.39 is 0 Å². The van der Waals surface area contributed by atoms with Crippen molar-refractivity contribution in [2.45, 2.75) is 71.4 Å². The summed E-state index contributed by atoms with van der Waals surface area (Å²) >= 11 is 0. The molecule has 108 valence electrons. The first kappa shape index (κ1) is 14.5. The second kappa shape index (κ2) is 6.04. The van der Waals surface area contributed by atoms with Gasteiger partial charge in [-0.25, -0.2) is 9.67 Å². The molecule has 1 aliphatic carbocycles. The van der Waals surface area contributed by atoms with Crippen LogP contribution >= 0.6 is 0 Å². The predicted molar refractivity (Wildman–Crippen MR) is 77.7 cm³/mol. The van der Waals surface area contributed by atoms with Crippen LogP contribution in [0, 0.1) is 11.8 Å².